The second-order valence-corrected chi connectivity index (χ2v) is 11.7. The predicted molar refractivity (Wildman–Crippen MR) is 141 cm³/mol. The van der Waals surface area contributed by atoms with Gasteiger partial charge in [0, 0.05) is 26.1 Å². The number of methoxy groups -OCH3 is 1. The molecule has 2 N–H and O–H groups in total. The first-order chi connectivity index (χ1) is 16.4. The average Bonchev–Trinajstić information content (AvgIpc) is 3.42. The molecule has 1 aromatic heterocycles. The molecule has 0 spiro atoms. The summed E-state index contributed by atoms with van der Waals surface area (Å²) in [7, 11) is 1.64. The van der Waals surface area contributed by atoms with Crippen molar-refractivity contribution in [2.75, 3.05) is 13.7 Å². The van der Waals surface area contributed by atoms with Gasteiger partial charge in [0.25, 0.3) is 0 Å². The lowest BCUT2D eigenvalue weighted by Gasteiger charge is -2.36. The monoisotopic (exact) mass is 500 g/mol. The summed E-state index contributed by atoms with van der Waals surface area (Å²) in [4.78, 5) is 34.3. The molecule has 35 heavy (non-hydrogen) atoms. The molecule has 2 aromatic rings. The summed E-state index contributed by atoms with van der Waals surface area (Å²) >= 11 is 1.62. The maximum Gasteiger partial charge on any atom is 0.243 e. The lowest BCUT2D eigenvalue weighted by molar-refractivity contribution is -0.142. The van der Waals surface area contributed by atoms with Crippen LogP contribution in [0.5, 0.6) is 0 Å². The largest absolute Gasteiger partial charge is 0.380 e. The number of aromatic nitrogens is 1. The summed E-state index contributed by atoms with van der Waals surface area (Å²) < 4.78 is 5.57. The van der Waals surface area contributed by atoms with Gasteiger partial charge in [0.2, 0.25) is 11.8 Å². The number of nitrogens with one attached hydrogen (secondary N) is 2. The zero-order valence-electron chi connectivity index (χ0n) is 22.2. The third-order valence-electron chi connectivity index (χ3n) is 6.57. The van der Waals surface area contributed by atoms with Crippen LogP contribution in [0, 0.1) is 12.3 Å². The normalized spacial score (nSPS) is 20.2. The van der Waals surface area contributed by atoms with E-state index in [1.165, 1.54) is 0 Å². The van der Waals surface area contributed by atoms with Crippen molar-refractivity contribution < 1.29 is 14.3 Å². The number of likely N-dealkylation sites (tertiary alicyclic amines) is 1. The van der Waals surface area contributed by atoms with Gasteiger partial charge in [-0.25, -0.2) is 4.98 Å². The number of aryl methyl sites for hydroxylation is 1. The first-order valence-corrected chi connectivity index (χ1v) is 13.2. The summed E-state index contributed by atoms with van der Waals surface area (Å²) in [6, 6.07) is 7.21. The second-order valence-electron chi connectivity index (χ2n) is 10.8. The fourth-order valence-corrected chi connectivity index (χ4v) is 5.36. The minimum absolute atomic E-state index is 0.0529. The fourth-order valence-electron chi connectivity index (χ4n) is 4.55. The van der Waals surface area contributed by atoms with Crippen molar-refractivity contribution >= 4 is 23.2 Å². The van der Waals surface area contributed by atoms with E-state index < -0.39 is 12.1 Å². The number of nitrogens with zero attached hydrogens (tertiary/aromatic N) is 2. The first kappa shape index (κ1) is 27.3. The number of carbonyl (C=O) groups is 2. The highest BCUT2D eigenvalue weighted by molar-refractivity contribution is 7.13. The van der Waals surface area contributed by atoms with Gasteiger partial charge in [-0.05, 0) is 30.4 Å². The Bertz CT molecular complexity index is 1010. The third-order valence-corrected chi connectivity index (χ3v) is 7.55. The lowest BCUT2D eigenvalue weighted by Crippen LogP contribution is -2.58. The Kier molecular flexibility index (Phi) is 8.72. The predicted octanol–water partition coefficient (Wildman–Crippen LogP) is 4.32. The Morgan fingerprint density at radius 1 is 1.17 bits per heavy atom. The van der Waals surface area contributed by atoms with E-state index in [1.54, 1.807) is 23.3 Å². The van der Waals surface area contributed by atoms with E-state index in [1.807, 2.05) is 66.1 Å². The summed E-state index contributed by atoms with van der Waals surface area (Å²) in [6.45, 7) is 14.6. The lowest BCUT2D eigenvalue weighted by atomic mass is 9.85. The van der Waals surface area contributed by atoms with Crippen LogP contribution < -0.4 is 10.6 Å². The average molecular weight is 501 g/mol. The summed E-state index contributed by atoms with van der Waals surface area (Å²) in [5.74, 6) is -0.201. The molecule has 2 heterocycles. The topological polar surface area (TPSA) is 83.6 Å². The van der Waals surface area contributed by atoms with E-state index in [9.17, 15) is 9.59 Å². The van der Waals surface area contributed by atoms with Crippen molar-refractivity contribution in [2.24, 2.45) is 5.41 Å². The van der Waals surface area contributed by atoms with Crippen LogP contribution in [0.3, 0.4) is 0 Å². The van der Waals surface area contributed by atoms with Crippen LogP contribution in [0.1, 0.15) is 65.3 Å². The van der Waals surface area contributed by atoms with Gasteiger partial charge in [-0.1, -0.05) is 58.9 Å². The van der Waals surface area contributed by atoms with Crippen LogP contribution in [0.4, 0.5) is 0 Å². The maximum absolute atomic E-state index is 13.7. The number of hydrogen-bond acceptors (Lipinski definition) is 6. The Morgan fingerprint density at radius 2 is 1.83 bits per heavy atom. The molecular formula is C27H40N4O3S. The Balaban J connectivity index is 1.74. The van der Waals surface area contributed by atoms with Gasteiger partial charge >= 0.3 is 0 Å². The number of thiazole rings is 1. The second kappa shape index (κ2) is 11.2. The molecule has 4 atom stereocenters. The molecule has 0 radical (unpaired) electrons. The van der Waals surface area contributed by atoms with Crippen LogP contribution in [0.25, 0.3) is 10.4 Å². The number of rotatable bonds is 8. The van der Waals surface area contributed by atoms with Crippen molar-refractivity contribution in [2.45, 2.75) is 85.2 Å². The van der Waals surface area contributed by atoms with E-state index in [4.69, 9.17) is 4.74 Å². The molecule has 0 aliphatic carbocycles. The molecule has 192 valence electrons. The molecular weight excluding hydrogens is 460 g/mol. The zero-order valence-corrected chi connectivity index (χ0v) is 23.0. The van der Waals surface area contributed by atoms with Gasteiger partial charge in [-0.15, -0.1) is 11.3 Å². The van der Waals surface area contributed by atoms with Gasteiger partial charge in [-0.2, -0.15) is 0 Å². The molecule has 1 fully saturated rings. The number of ether oxygens (including phenoxy) is 1. The van der Waals surface area contributed by atoms with E-state index in [-0.39, 0.29) is 35.4 Å². The van der Waals surface area contributed by atoms with Gasteiger partial charge in [0.15, 0.2) is 0 Å². The molecule has 1 saturated heterocycles. The van der Waals surface area contributed by atoms with E-state index in [0.717, 1.165) is 21.7 Å². The molecule has 3 rings (SSSR count). The molecule has 8 heteroatoms. The SMILES string of the molecule is CO[C@@H]1C[C@@H](C(=O)N[C@@H](C)c2ccc(-c3scnc3C)cc2)N(C(=O)[C@@H](NC(C)C)C(C)(C)C)C1. The van der Waals surface area contributed by atoms with E-state index in [0.29, 0.717) is 13.0 Å². The van der Waals surface area contributed by atoms with Crippen molar-refractivity contribution in [3.05, 3.63) is 41.0 Å². The molecule has 0 bridgehead atoms. The van der Waals surface area contributed by atoms with Crippen LogP contribution in [-0.2, 0) is 14.3 Å². The van der Waals surface area contributed by atoms with Crippen molar-refractivity contribution in [3.8, 4) is 10.4 Å². The number of amides is 2. The third kappa shape index (κ3) is 6.48. The standard InChI is InChI=1S/C27H40N4O3S/c1-16(2)29-24(27(5,6)7)26(33)31-14-21(34-8)13-22(31)25(32)30-17(3)19-9-11-20(12-10-19)23-18(4)28-15-35-23/h9-12,15-17,21-22,24,29H,13-14H2,1-8H3,(H,30,32)/t17-,21+,22-,24+/m0/s1. The molecule has 0 unspecified atom stereocenters. The van der Waals surface area contributed by atoms with Gasteiger partial charge in [-0.3, -0.25) is 9.59 Å². The summed E-state index contributed by atoms with van der Waals surface area (Å²) in [5.41, 5.74) is 4.71. The Morgan fingerprint density at radius 3 is 2.34 bits per heavy atom. The highest BCUT2D eigenvalue weighted by atomic mass is 32.1. The highest BCUT2D eigenvalue weighted by Gasteiger charge is 2.44. The van der Waals surface area contributed by atoms with Crippen LogP contribution in [0.15, 0.2) is 29.8 Å². The molecule has 1 aromatic carbocycles. The van der Waals surface area contributed by atoms with Crippen molar-refractivity contribution in [1.82, 2.24) is 20.5 Å². The molecule has 0 saturated carbocycles. The van der Waals surface area contributed by atoms with E-state index in [2.05, 4.69) is 27.8 Å². The molecule has 7 nitrogen and oxygen atoms in total. The Hall–Kier alpha value is -2.29. The minimum atomic E-state index is -0.562. The molecule has 2 amide bonds. The first-order valence-electron chi connectivity index (χ1n) is 12.3. The minimum Gasteiger partial charge on any atom is -0.380 e. The number of benzene rings is 1. The van der Waals surface area contributed by atoms with Gasteiger partial charge < -0.3 is 20.3 Å². The quantitative estimate of drug-likeness (QED) is 0.564. The van der Waals surface area contributed by atoms with Crippen molar-refractivity contribution in [3.63, 3.8) is 0 Å². The van der Waals surface area contributed by atoms with Gasteiger partial charge in [0.1, 0.15) is 6.04 Å². The number of carbonyl (C=O) groups excluding carboxylic acids is 2. The Labute approximate surface area is 213 Å². The molecule has 1 aliphatic rings. The molecule has 1 aliphatic heterocycles. The summed E-state index contributed by atoms with van der Waals surface area (Å²) in [6.07, 6.45) is 0.328. The van der Waals surface area contributed by atoms with Crippen LogP contribution in [0.2, 0.25) is 0 Å². The highest BCUT2D eigenvalue weighted by Crippen LogP contribution is 2.30. The van der Waals surface area contributed by atoms with Crippen LogP contribution in [-0.4, -0.2) is 59.6 Å². The van der Waals surface area contributed by atoms with Gasteiger partial charge in [0.05, 0.1) is 34.3 Å². The fraction of sp³-hybridized carbons (Fsp3) is 0.593. The smallest absolute Gasteiger partial charge is 0.243 e. The summed E-state index contributed by atoms with van der Waals surface area (Å²) in [5, 5.41) is 6.54. The zero-order chi connectivity index (χ0) is 25.9. The van der Waals surface area contributed by atoms with E-state index >= 15 is 0 Å². The van der Waals surface area contributed by atoms with Crippen LogP contribution >= 0.6 is 11.3 Å². The van der Waals surface area contributed by atoms with Crippen molar-refractivity contribution in [1.29, 1.82) is 0 Å². The number of hydrogen-bond donors (Lipinski definition) is 2. The maximum atomic E-state index is 13.7.